The Kier molecular flexibility index (Phi) is 7.61. The molecule has 0 aliphatic heterocycles. The highest BCUT2D eigenvalue weighted by molar-refractivity contribution is 7.89. The lowest BCUT2D eigenvalue weighted by Gasteiger charge is -2.07. The van der Waals surface area contributed by atoms with E-state index in [1.807, 2.05) is 0 Å². The van der Waals surface area contributed by atoms with Gasteiger partial charge >= 0.3 is 0 Å². The summed E-state index contributed by atoms with van der Waals surface area (Å²) in [5, 5.41) is 0. The third-order valence-electron chi connectivity index (χ3n) is 3.39. The maximum Gasteiger partial charge on any atom is 0.240 e. The van der Waals surface area contributed by atoms with Crippen LogP contribution < -0.4 is 4.72 Å². The summed E-state index contributed by atoms with van der Waals surface area (Å²) >= 11 is 0. The van der Waals surface area contributed by atoms with Gasteiger partial charge in [-0.15, -0.1) is 0 Å². The molecule has 1 rings (SSSR count). The zero-order valence-corrected chi connectivity index (χ0v) is 13.7. The summed E-state index contributed by atoms with van der Waals surface area (Å²) in [5.74, 6) is -0.0704. The number of ketones is 1. The van der Waals surface area contributed by atoms with E-state index in [-0.39, 0.29) is 10.7 Å². The Bertz CT molecular complexity index is 535. The molecule has 0 aliphatic rings. The third kappa shape index (κ3) is 6.40. The van der Waals surface area contributed by atoms with Crippen LogP contribution in [0, 0.1) is 0 Å². The van der Waals surface area contributed by atoms with E-state index in [1.54, 1.807) is 12.1 Å². The van der Waals surface area contributed by atoms with Crippen LogP contribution in [-0.4, -0.2) is 20.7 Å². The predicted octanol–water partition coefficient (Wildman–Crippen LogP) is 3.53. The van der Waals surface area contributed by atoms with Crippen molar-refractivity contribution in [2.75, 3.05) is 6.54 Å². The fourth-order valence-electron chi connectivity index (χ4n) is 2.06. The lowest BCUT2D eigenvalue weighted by Crippen LogP contribution is -2.24. The molecule has 21 heavy (non-hydrogen) atoms. The van der Waals surface area contributed by atoms with Crippen molar-refractivity contribution in [2.45, 2.75) is 57.3 Å². The summed E-state index contributed by atoms with van der Waals surface area (Å²) in [6.45, 7) is 4.09. The van der Waals surface area contributed by atoms with Crippen molar-refractivity contribution >= 4 is 15.8 Å². The van der Waals surface area contributed by atoms with Crippen LogP contribution in [0.25, 0.3) is 0 Å². The molecule has 0 bridgehead atoms. The van der Waals surface area contributed by atoms with Crippen molar-refractivity contribution in [1.29, 1.82) is 0 Å². The number of benzene rings is 1. The van der Waals surface area contributed by atoms with Gasteiger partial charge in [-0.25, -0.2) is 13.1 Å². The van der Waals surface area contributed by atoms with Gasteiger partial charge in [0, 0.05) is 12.1 Å². The first-order valence-corrected chi connectivity index (χ1v) is 9.06. The summed E-state index contributed by atoms with van der Waals surface area (Å²) in [7, 11) is -3.46. The SMILES string of the molecule is CCCCCCCCNS(=O)(=O)c1ccc(C(C)=O)cc1. The molecule has 1 aromatic carbocycles. The second-order valence-corrected chi connectivity index (χ2v) is 7.01. The second-order valence-electron chi connectivity index (χ2n) is 5.25. The molecule has 0 aromatic heterocycles. The van der Waals surface area contributed by atoms with Gasteiger partial charge in [-0.1, -0.05) is 51.2 Å². The van der Waals surface area contributed by atoms with Crippen molar-refractivity contribution in [3.63, 3.8) is 0 Å². The third-order valence-corrected chi connectivity index (χ3v) is 4.87. The number of Topliss-reactive ketones (excluding diaryl/α,β-unsaturated/α-hetero) is 1. The van der Waals surface area contributed by atoms with Crippen LogP contribution in [0.3, 0.4) is 0 Å². The minimum atomic E-state index is -3.46. The van der Waals surface area contributed by atoms with Crippen LogP contribution in [0.15, 0.2) is 29.2 Å². The van der Waals surface area contributed by atoms with Crippen molar-refractivity contribution in [2.24, 2.45) is 0 Å². The number of rotatable bonds is 10. The summed E-state index contributed by atoms with van der Waals surface area (Å²) in [4.78, 5) is 11.4. The van der Waals surface area contributed by atoms with Gasteiger partial charge < -0.3 is 0 Å². The molecule has 0 atom stereocenters. The normalized spacial score (nSPS) is 11.5. The Balaban J connectivity index is 2.41. The molecule has 0 spiro atoms. The average Bonchev–Trinajstić information content (AvgIpc) is 2.46. The number of carbonyl (C=O) groups is 1. The summed E-state index contributed by atoms with van der Waals surface area (Å²) in [5.41, 5.74) is 0.518. The zero-order valence-electron chi connectivity index (χ0n) is 12.9. The van der Waals surface area contributed by atoms with Gasteiger partial charge in [0.1, 0.15) is 0 Å². The molecule has 1 N–H and O–H groups in total. The van der Waals surface area contributed by atoms with E-state index < -0.39 is 10.0 Å². The first-order chi connectivity index (χ1) is 9.97. The van der Waals surface area contributed by atoms with Gasteiger partial charge in [0.15, 0.2) is 5.78 Å². The van der Waals surface area contributed by atoms with Crippen molar-refractivity contribution in [1.82, 2.24) is 4.72 Å². The Labute approximate surface area is 128 Å². The van der Waals surface area contributed by atoms with E-state index >= 15 is 0 Å². The molecular formula is C16H25NO3S. The maximum atomic E-state index is 12.1. The summed E-state index contributed by atoms with van der Waals surface area (Å²) in [6, 6.07) is 6.03. The number of nitrogens with one attached hydrogen (secondary N) is 1. The standard InChI is InChI=1S/C16H25NO3S/c1-3-4-5-6-7-8-13-17-21(19,20)16-11-9-15(10-12-16)14(2)18/h9-12,17H,3-8,13H2,1-2H3. The van der Waals surface area contributed by atoms with Gasteiger partial charge in [0.25, 0.3) is 0 Å². The molecule has 1 aromatic rings. The summed E-state index contributed by atoms with van der Waals surface area (Å²) < 4.78 is 26.7. The van der Waals surface area contributed by atoms with Gasteiger partial charge in [-0.05, 0) is 25.5 Å². The van der Waals surface area contributed by atoms with Crippen LogP contribution in [-0.2, 0) is 10.0 Å². The number of hydrogen-bond donors (Lipinski definition) is 1. The highest BCUT2D eigenvalue weighted by Gasteiger charge is 2.13. The van der Waals surface area contributed by atoms with Gasteiger partial charge in [-0.2, -0.15) is 0 Å². The molecule has 0 saturated carbocycles. The minimum Gasteiger partial charge on any atom is -0.295 e. The highest BCUT2D eigenvalue weighted by Crippen LogP contribution is 2.11. The van der Waals surface area contributed by atoms with Gasteiger partial charge in [0.2, 0.25) is 10.0 Å². The molecule has 0 saturated heterocycles. The quantitative estimate of drug-likeness (QED) is 0.531. The summed E-state index contributed by atoms with van der Waals surface area (Å²) in [6.07, 6.45) is 6.73. The molecule has 5 heteroatoms. The zero-order chi connectivity index (χ0) is 15.7. The van der Waals surface area contributed by atoms with Crippen LogP contribution in [0.2, 0.25) is 0 Å². The van der Waals surface area contributed by atoms with Gasteiger partial charge in [0.05, 0.1) is 4.90 Å². The number of carbonyl (C=O) groups excluding carboxylic acids is 1. The number of unbranched alkanes of at least 4 members (excludes halogenated alkanes) is 5. The Morgan fingerprint density at radius 2 is 1.57 bits per heavy atom. The fraction of sp³-hybridized carbons (Fsp3) is 0.562. The number of hydrogen-bond acceptors (Lipinski definition) is 3. The molecule has 0 radical (unpaired) electrons. The largest absolute Gasteiger partial charge is 0.295 e. The van der Waals surface area contributed by atoms with E-state index in [0.717, 1.165) is 19.3 Å². The monoisotopic (exact) mass is 311 g/mol. The smallest absolute Gasteiger partial charge is 0.240 e. The van der Waals surface area contributed by atoms with Gasteiger partial charge in [-0.3, -0.25) is 4.79 Å². The van der Waals surface area contributed by atoms with Crippen LogP contribution in [0.5, 0.6) is 0 Å². The van der Waals surface area contributed by atoms with Crippen LogP contribution >= 0.6 is 0 Å². The van der Waals surface area contributed by atoms with Crippen LogP contribution in [0.1, 0.15) is 62.7 Å². The lowest BCUT2D eigenvalue weighted by atomic mass is 10.1. The molecule has 0 heterocycles. The molecule has 0 amide bonds. The van der Waals surface area contributed by atoms with Crippen molar-refractivity contribution < 1.29 is 13.2 Å². The second kappa shape index (κ2) is 8.95. The van der Waals surface area contributed by atoms with E-state index in [1.165, 1.54) is 38.3 Å². The Hall–Kier alpha value is -1.20. The first kappa shape index (κ1) is 17.9. The van der Waals surface area contributed by atoms with E-state index in [4.69, 9.17) is 0 Å². The van der Waals surface area contributed by atoms with Crippen molar-refractivity contribution in [3.05, 3.63) is 29.8 Å². The molecule has 0 aliphatic carbocycles. The predicted molar refractivity (Wildman–Crippen MR) is 85.0 cm³/mol. The average molecular weight is 311 g/mol. The molecule has 0 fully saturated rings. The topological polar surface area (TPSA) is 63.2 Å². The van der Waals surface area contributed by atoms with Crippen molar-refractivity contribution in [3.8, 4) is 0 Å². The fourth-order valence-corrected chi connectivity index (χ4v) is 3.14. The Morgan fingerprint density at radius 1 is 1.00 bits per heavy atom. The molecular weight excluding hydrogens is 286 g/mol. The molecule has 0 unspecified atom stereocenters. The minimum absolute atomic E-state index is 0.0704. The first-order valence-electron chi connectivity index (χ1n) is 7.58. The highest BCUT2D eigenvalue weighted by atomic mass is 32.2. The van der Waals surface area contributed by atoms with E-state index in [2.05, 4.69) is 11.6 Å². The lowest BCUT2D eigenvalue weighted by molar-refractivity contribution is 0.101. The maximum absolute atomic E-state index is 12.1. The number of sulfonamides is 1. The molecule has 118 valence electrons. The van der Waals surface area contributed by atoms with E-state index in [9.17, 15) is 13.2 Å². The van der Waals surface area contributed by atoms with E-state index in [0.29, 0.717) is 12.1 Å². The molecule has 4 nitrogen and oxygen atoms in total. The Morgan fingerprint density at radius 3 is 2.14 bits per heavy atom. The van der Waals surface area contributed by atoms with Crippen LogP contribution in [0.4, 0.5) is 0 Å².